The molecule has 0 saturated heterocycles. The fourth-order valence-electron chi connectivity index (χ4n) is 3.41. The average molecular weight is 358 g/mol. The molecule has 5 unspecified atom stereocenters. The summed E-state index contributed by atoms with van der Waals surface area (Å²) in [6.45, 7) is 7.62. The summed E-state index contributed by atoms with van der Waals surface area (Å²) in [5, 5.41) is 3.76. The van der Waals surface area contributed by atoms with Crippen molar-refractivity contribution in [3.63, 3.8) is 0 Å². The van der Waals surface area contributed by atoms with E-state index < -0.39 is 10.8 Å². The standard InChI is InChI=1S/C16H24BrNOS/c1-4-18-14-10-11(2)9-12(3)16(14)20(19)15-8-6-5-7-13(15)17/h5-8,11-12,14,16,18H,4,9-10H2,1-3H3. The molecule has 0 bridgehead atoms. The van der Waals surface area contributed by atoms with Crippen molar-refractivity contribution in [1.29, 1.82) is 0 Å². The van der Waals surface area contributed by atoms with Crippen molar-refractivity contribution in [2.45, 2.75) is 49.8 Å². The van der Waals surface area contributed by atoms with Gasteiger partial charge in [-0.05, 0) is 59.3 Å². The Morgan fingerprint density at radius 3 is 2.65 bits per heavy atom. The van der Waals surface area contributed by atoms with Crippen LogP contribution < -0.4 is 5.32 Å². The van der Waals surface area contributed by atoms with Gasteiger partial charge < -0.3 is 5.32 Å². The lowest BCUT2D eigenvalue weighted by molar-refractivity contribution is 0.248. The van der Waals surface area contributed by atoms with E-state index in [4.69, 9.17) is 0 Å². The molecule has 1 aromatic rings. The summed E-state index contributed by atoms with van der Waals surface area (Å²) in [6, 6.07) is 8.25. The second kappa shape index (κ2) is 7.19. The monoisotopic (exact) mass is 357 g/mol. The van der Waals surface area contributed by atoms with Gasteiger partial charge >= 0.3 is 0 Å². The molecule has 1 saturated carbocycles. The Bertz CT molecular complexity index is 479. The number of halogens is 1. The molecule has 2 nitrogen and oxygen atoms in total. The van der Waals surface area contributed by atoms with E-state index in [1.165, 1.54) is 6.42 Å². The molecule has 112 valence electrons. The molecule has 5 atom stereocenters. The molecular weight excluding hydrogens is 334 g/mol. The molecule has 4 heteroatoms. The summed E-state index contributed by atoms with van der Waals surface area (Å²) < 4.78 is 14.0. The molecule has 1 N–H and O–H groups in total. The fraction of sp³-hybridized carbons (Fsp3) is 0.625. The Balaban J connectivity index is 2.27. The molecular formula is C16H24BrNOS. The zero-order valence-electron chi connectivity index (χ0n) is 12.4. The lowest BCUT2D eigenvalue weighted by Crippen LogP contribution is -2.50. The summed E-state index contributed by atoms with van der Waals surface area (Å²) >= 11 is 3.54. The van der Waals surface area contributed by atoms with E-state index in [1.54, 1.807) is 0 Å². The van der Waals surface area contributed by atoms with Crippen LogP contribution in [0, 0.1) is 11.8 Å². The largest absolute Gasteiger partial charge is 0.313 e. The zero-order valence-corrected chi connectivity index (χ0v) is 14.8. The van der Waals surface area contributed by atoms with Gasteiger partial charge in [-0.15, -0.1) is 0 Å². The Morgan fingerprint density at radius 2 is 2.00 bits per heavy atom. The lowest BCUT2D eigenvalue weighted by Gasteiger charge is -2.39. The molecule has 0 aliphatic heterocycles. The van der Waals surface area contributed by atoms with Crippen LogP contribution in [0.4, 0.5) is 0 Å². The third kappa shape index (κ3) is 3.52. The molecule has 1 aliphatic rings. The van der Waals surface area contributed by atoms with Crippen LogP contribution in [-0.4, -0.2) is 22.0 Å². The number of benzene rings is 1. The van der Waals surface area contributed by atoms with E-state index in [0.717, 1.165) is 22.3 Å². The van der Waals surface area contributed by atoms with Crippen molar-refractivity contribution in [1.82, 2.24) is 5.32 Å². The van der Waals surface area contributed by atoms with Crippen molar-refractivity contribution in [3.8, 4) is 0 Å². The zero-order chi connectivity index (χ0) is 14.7. The number of rotatable bonds is 4. The number of hydrogen-bond donors (Lipinski definition) is 1. The van der Waals surface area contributed by atoms with Crippen molar-refractivity contribution in [2.75, 3.05) is 6.54 Å². The smallest absolute Gasteiger partial charge is 0.0590 e. The molecule has 0 radical (unpaired) electrons. The maximum Gasteiger partial charge on any atom is 0.0590 e. The van der Waals surface area contributed by atoms with Gasteiger partial charge in [0.05, 0.1) is 20.9 Å². The molecule has 2 rings (SSSR count). The second-order valence-electron chi connectivity index (χ2n) is 5.91. The number of hydrogen-bond acceptors (Lipinski definition) is 2. The summed E-state index contributed by atoms with van der Waals surface area (Å²) in [5.74, 6) is 1.19. The highest BCUT2D eigenvalue weighted by molar-refractivity contribution is 9.10. The fourth-order valence-corrected chi connectivity index (χ4v) is 5.97. The van der Waals surface area contributed by atoms with Gasteiger partial charge in [-0.3, -0.25) is 4.21 Å². The minimum absolute atomic E-state index is 0.199. The molecule has 1 aromatic carbocycles. The van der Waals surface area contributed by atoms with Gasteiger partial charge in [0.2, 0.25) is 0 Å². The second-order valence-corrected chi connectivity index (χ2v) is 8.34. The normalized spacial score (nSPS) is 32.0. The van der Waals surface area contributed by atoms with E-state index in [1.807, 2.05) is 24.3 Å². The molecule has 0 spiro atoms. The van der Waals surface area contributed by atoms with Crippen LogP contribution in [0.1, 0.15) is 33.6 Å². The molecule has 1 aliphatic carbocycles. The van der Waals surface area contributed by atoms with Crippen LogP contribution in [0.25, 0.3) is 0 Å². The first-order valence-corrected chi connectivity index (χ1v) is 9.43. The summed E-state index contributed by atoms with van der Waals surface area (Å²) in [7, 11) is -0.967. The Labute approximate surface area is 133 Å². The third-order valence-corrected chi connectivity index (χ3v) is 7.19. The van der Waals surface area contributed by atoms with Gasteiger partial charge in [0.1, 0.15) is 0 Å². The van der Waals surface area contributed by atoms with E-state index >= 15 is 0 Å². The molecule has 0 heterocycles. The van der Waals surface area contributed by atoms with E-state index in [-0.39, 0.29) is 5.25 Å². The van der Waals surface area contributed by atoms with Gasteiger partial charge in [0, 0.05) is 10.5 Å². The minimum atomic E-state index is -0.967. The first-order valence-electron chi connectivity index (χ1n) is 7.43. The van der Waals surface area contributed by atoms with Crippen LogP contribution in [0.3, 0.4) is 0 Å². The summed E-state index contributed by atoms with van der Waals surface area (Å²) in [6.07, 6.45) is 2.29. The van der Waals surface area contributed by atoms with Gasteiger partial charge in [-0.25, -0.2) is 0 Å². The average Bonchev–Trinajstić information content (AvgIpc) is 2.38. The highest BCUT2D eigenvalue weighted by Gasteiger charge is 2.38. The van der Waals surface area contributed by atoms with E-state index in [0.29, 0.717) is 17.9 Å². The molecule has 0 amide bonds. The van der Waals surface area contributed by atoms with Gasteiger partial charge in [-0.1, -0.05) is 32.9 Å². The van der Waals surface area contributed by atoms with Crippen LogP contribution in [0.2, 0.25) is 0 Å². The van der Waals surface area contributed by atoms with Crippen molar-refractivity contribution < 1.29 is 4.21 Å². The van der Waals surface area contributed by atoms with Crippen LogP contribution in [-0.2, 0) is 10.8 Å². The highest BCUT2D eigenvalue weighted by atomic mass is 79.9. The van der Waals surface area contributed by atoms with Crippen LogP contribution in [0.5, 0.6) is 0 Å². The Hall–Kier alpha value is -0.190. The summed E-state index contributed by atoms with van der Waals surface area (Å²) in [5.41, 5.74) is 0. The van der Waals surface area contributed by atoms with Crippen molar-refractivity contribution >= 4 is 26.7 Å². The quantitative estimate of drug-likeness (QED) is 0.883. The van der Waals surface area contributed by atoms with Crippen LogP contribution >= 0.6 is 15.9 Å². The third-order valence-electron chi connectivity index (χ3n) is 4.15. The van der Waals surface area contributed by atoms with Gasteiger partial charge in [0.25, 0.3) is 0 Å². The van der Waals surface area contributed by atoms with Gasteiger partial charge in [0.15, 0.2) is 0 Å². The van der Waals surface area contributed by atoms with Gasteiger partial charge in [-0.2, -0.15) is 0 Å². The predicted molar refractivity (Wildman–Crippen MR) is 89.4 cm³/mol. The molecule has 20 heavy (non-hydrogen) atoms. The predicted octanol–water partition coefficient (Wildman–Crippen LogP) is 3.97. The Morgan fingerprint density at radius 1 is 1.30 bits per heavy atom. The molecule has 1 fully saturated rings. The van der Waals surface area contributed by atoms with Crippen molar-refractivity contribution in [2.24, 2.45) is 11.8 Å². The Kier molecular flexibility index (Phi) is 5.82. The highest BCUT2D eigenvalue weighted by Crippen LogP contribution is 2.35. The molecule has 0 aromatic heterocycles. The lowest BCUT2D eigenvalue weighted by atomic mass is 9.80. The first-order chi connectivity index (χ1) is 9.54. The first kappa shape index (κ1) is 16.2. The van der Waals surface area contributed by atoms with Crippen LogP contribution in [0.15, 0.2) is 33.6 Å². The topological polar surface area (TPSA) is 29.1 Å². The minimum Gasteiger partial charge on any atom is -0.313 e. The maximum absolute atomic E-state index is 13.1. The maximum atomic E-state index is 13.1. The number of nitrogens with one attached hydrogen (secondary N) is 1. The van der Waals surface area contributed by atoms with Crippen molar-refractivity contribution in [3.05, 3.63) is 28.7 Å². The van der Waals surface area contributed by atoms with E-state index in [9.17, 15) is 4.21 Å². The SMILES string of the molecule is CCNC1CC(C)CC(C)C1S(=O)c1ccccc1Br. The summed E-state index contributed by atoms with van der Waals surface area (Å²) in [4.78, 5) is 0.932. The van der Waals surface area contributed by atoms with E-state index in [2.05, 4.69) is 42.0 Å².